The van der Waals surface area contributed by atoms with Crippen molar-refractivity contribution in [3.8, 4) is 0 Å². The van der Waals surface area contributed by atoms with Crippen molar-refractivity contribution in [3.63, 3.8) is 0 Å². The molecule has 3 heterocycles. The molecule has 0 radical (unpaired) electrons. The Labute approximate surface area is 156 Å². The van der Waals surface area contributed by atoms with Gasteiger partial charge in [-0.05, 0) is 26.3 Å². The molecule has 2 N–H and O–H groups in total. The number of carbonyl (C=O) groups is 2. The molecule has 0 bridgehead atoms. The summed E-state index contributed by atoms with van der Waals surface area (Å²) in [7, 11) is 0. The van der Waals surface area contributed by atoms with Crippen molar-refractivity contribution in [1.82, 2.24) is 25.1 Å². The Morgan fingerprint density at radius 2 is 1.92 bits per heavy atom. The van der Waals surface area contributed by atoms with Gasteiger partial charge in [0.2, 0.25) is 16.9 Å². The van der Waals surface area contributed by atoms with Gasteiger partial charge in [0, 0.05) is 4.88 Å². The number of anilines is 1. The minimum atomic E-state index is -0.457. The summed E-state index contributed by atoms with van der Waals surface area (Å²) in [5, 5.41) is 14.2. The van der Waals surface area contributed by atoms with Crippen LogP contribution in [0.3, 0.4) is 0 Å². The number of carbonyl (C=O) groups excluding carboxylic acids is 2. The van der Waals surface area contributed by atoms with E-state index in [4.69, 9.17) is 0 Å². The van der Waals surface area contributed by atoms with Gasteiger partial charge in [-0.1, -0.05) is 11.3 Å². The summed E-state index contributed by atoms with van der Waals surface area (Å²) < 4.78 is 1.24. The molecule has 0 spiro atoms. The Balaban J connectivity index is 1.62. The van der Waals surface area contributed by atoms with E-state index in [-0.39, 0.29) is 18.6 Å². The fourth-order valence-electron chi connectivity index (χ4n) is 2.28. The van der Waals surface area contributed by atoms with Crippen LogP contribution in [-0.2, 0) is 16.1 Å². The SMILES string of the molecule is Cc1nnc(NC(=O)CNC(=O)Cn2cnc3sc(C)c(C)c3c2=O)s1. The molecular weight excluding hydrogens is 376 g/mol. The van der Waals surface area contributed by atoms with E-state index in [2.05, 4.69) is 25.8 Å². The molecule has 0 aliphatic heterocycles. The number of fused-ring (bicyclic) bond motifs is 1. The summed E-state index contributed by atoms with van der Waals surface area (Å²) in [6, 6.07) is 0. The number of amides is 2. The summed E-state index contributed by atoms with van der Waals surface area (Å²) >= 11 is 2.69. The van der Waals surface area contributed by atoms with Gasteiger partial charge in [-0.25, -0.2) is 4.98 Å². The van der Waals surface area contributed by atoms with Gasteiger partial charge >= 0.3 is 0 Å². The van der Waals surface area contributed by atoms with Crippen LogP contribution >= 0.6 is 22.7 Å². The van der Waals surface area contributed by atoms with Crippen molar-refractivity contribution in [2.75, 3.05) is 11.9 Å². The number of hydrogen-bond donors (Lipinski definition) is 2. The zero-order valence-corrected chi connectivity index (χ0v) is 16.0. The molecule has 0 aliphatic rings. The first-order valence-corrected chi connectivity index (χ1v) is 9.30. The van der Waals surface area contributed by atoms with E-state index in [0.29, 0.717) is 15.3 Å². The summed E-state index contributed by atoms with van der Waals surface area (Å²) in [5.74, 6) is -0.874. The van der Waals surface area contributed by atoms with Gasteiger partial charge in [0.15, 0.2) is 0 Å². The van der Waals surface area contributed by atoms with E-state index >= 15 is 0 Å². The van der Waals surface area contributed by atoms with Crippen LogP contribution in [0.1, 0.15) is 15.4 Å². The molecule has 0 unspecified atom stereocenters. The van der Waals surface area contributed by atoms with Crippen molar-refractivity contribution < 1.29 is 9.59 Å². The molecule has 0 saturated carbocycles. The lowest BCUT2D eigenvalue weighted by Crippen LogP contribution is -2.37. The maximum atomic E-state index is 12.5. The van der Waals surface area contributed by atoms with Crippen LogP contribution in [0, 0.1) is 20.8 Å². The summed E-state index contributed by atoms with van der Waals surface area (Å²) in [6.07, 6.45) is 1.35. The molecule has 2 amide bonds. The molecule has 26 heavy (non-hydrogen) atoms. The minimum absolute atomic E-state index is 0.207. The maximum Gasteiger partial charge on any atom is 0.262 e. The number of thiophene rings is 1. The fraction of sp³-hybridized carbons (Fsp3) is 0.333. The Morgan fingerprint density at radius 3 is 2.62 bits per heavy atom. The molecule has 3 aromatic rings. The highest BCUT2D eigenvalue weighted by molar-refractivity contribution is 7.18. The Bertz CT molecular complexity index is 1050. The lowest BCUT2D eigenvalue weighted by Gasteiger charge is -2.07. The highest BCUT2D eigenvalue weighted by atomic mass is 32.1. The predicted molar refractivity (Wildman–Crippen MR) is 99.6 cm³/mol. The van der Waals surface area contributed by atoms with Gasteiger partial charge < -0.3 is 5.32 Å². The normalized spacial score (nSPS) is 10.9. The van der Waals surface area contributed by atoms with Gasteiger partial charge in [0.1, 0.15) is 16.4 Å². The second kappa shape index (κ2) is 7.30. The van der Waals surface area contributed by atoms with E-state index in [9.17, 15) is 14.4 Å². The largest absolute Gasteiger partial charge is 0.345 e. The number of aryl methyl sites for hydroxylation is 3. The molecule has 11 heteroatoms. The average Bonchev–Trinajstić information content (AvgIpc) is 3.12. The molecular formula is C15H16N6O3S2. The topological polar surface area (TPSA) is 119 Å². The molecule has 0 saturated heterocycles. The van der Waals surface area contributed by atoms with Gasteiger partial charge in [-0.2, -0.15) is 0 Å². The summed E-state index contributed by atoms with van der Waals surface area (Å²) in [5.41, 5.74) is 0.616. The zero-order valence-electron chi connectivity index (χ0n) is 14.3. The predicted octanol–water partition coefficient (Wildman–Crippen LogP) is 0.990. The number of hydrogen-bond acceptors (Lipinski definition) is 8. The fourth-order valence-corrected chi connectivity index (χ4v) is 3.88. The van der Waals surface area contributed by atoms with E-state index in [1.807, 2.05) is 13.8 Å². The molecule has 9 nitrogen and oxygen atoms in total. The van der Waals surface area contributed by atoms with Crippen molar-refractivity contribution in [1.29, 1.82) is 0 Å². The first-order chi connectivity index (χ1) is 12.3. The molecule has 136 valence electrons. The van der Waals surface area contributed by atoms with Gasteiger partial charge in [-0.3, -0.25) is 24.3 Å². The third-order valence-electron chi connectivity index (χ3n) is 3.69. The summed E-state index contributed by atoms with van der Waals surface area (Å²) in [6.45, 7) is 5.13. The van der Waals surface area contributed by atoms with Crippen LogP contribution in [-0.4, -0.2) is 38.1 Å². The number of nitrogens with zero attached hydrogens (tertiary/aromatic N) is 4. The van der Waals surface area contributed by atoms with E-state index < -0.39 is 11.8 Å². The molecule has 0 atom stereocenters. The molecule has 3 rings (SSSR count). The van der Waals surface area contributed by atoms with Crippen molar-refractivity contribution in [2.24, 2.45) is 0 Å². The molecule has 0 aromatic carbocycles. The van der Waals surface area contributed by atoms with Gasteiger partial charge in [-0.15, -0.1) is 21.5 Å². The van der Waals surface area contributed by atoms with E-state index in [1.54, 1.807) is 6.92 Å². The monoisotopic (exact) mass is 392 g/mol. The van der Waals surface area contributed by atoms with Crippen LogP contribution < -0.4 is 16.2 Å². The number of rotatable bonds is 5. The van der Waals surface area contributed by atoms with Crippen LogP contribution in [0.5, 0.6) is 0 Å². The van der Waals surface area contributed by atoms with Crippen molar-refractivity contribution in [2.45, 2.75) is 27.3 Å². The molecule has 3 aromatic heterocycles. The lowest BCUT2D eigenvalue weighted by molar-refractivity contribution is -0.124. The maximum absolute atomic E-state index is 12.5. The highest BCUT2D eigenvalue weighted by Crippen LogP contribution is 2.25. The van der Waals surface area contributed by atoms with Crippen molar-refractivity contribution >= 4 is 49.8 Å². The van der Waals surface area contributed by atoms with E-state index in [1.165, 1.54) is 33.6 Å². The van der Waals surface area contributed by atoms with Crippen LogP contribution in [0.15, 0.2) is 11.1 Å². The van der Waals surface area contributed by atoms with Gasteiger partial charge in [0.05, 0.1) is 18.3 Å². The number of aromatic nitrogens is 4. The lowest BCUT2D eigenvalue weighted by atomic mass is 10.2. The standard InChI is InChI=1S/C15H16N6O3S2/c1-7-8(2)25-13-12(7)14(24)21(6-17-13)5-11(23)16-4-10(22)18-15-20-19-9(3)26-15/h6H,4-5H2,1-3H3,(H,16,23)(H,18,20,22). The first kappa shape index (κ1) is 18.1. The Hall–Kier alpha value is -2.66. The van der Waals surface area contributed by atoms with Crippen molar-refractivity contribution in [3.05, 3.63) is 32.1 Å². The zero-order chi connectivity index (χ0) is 18.8. The van der Waals surface area contributed by atoms with E-state index in [0.717, 1.165) is 15.4 Å². The quantitative estimate of drug-likeness (QED) is 0.668. The molecule has 0 aliphatic carbocycles. The van der Waals surface area contributed by atoms with Crippen LogP contribution in [0.25, 0.3) is 10.2 Å². The average molecular weight is 392 g/mol. The summed E-state index contributed by atoms with van der Waals surface area (Å²) in [4.78, 5) is 42.3. The highest BCUT2D eigenvalue weighted by Gasteiger charge is 2.14. The third-order valence-corrected chi connectivity index (χ3v) is 5.56. The smallest absolute Gasteiger partial charge is 0.262 e. The Morgan fingerprint density at radius 1 is 1.15 bits per heavy atom. The van der Waals surface area contributed by atoms with Gasteiger partial charge in [0.25, 0.3) is 5.56 Å². The molecule has 0 fully saturated rings. The second-order valence-electron chi connectivity index (χ2n) is 5.59. The van der Waals surface area contributed by atoms with Crippen LogP contribution in [0.4, 0.5) is 5.13 Å². The first-order valence-electron chi connectivity index (χ1n) is 7.67. The number of nitrogens with one attached hydrogen (secondary N) is 2. The minimum Gasteiger partial charge on any atom is -0.345 e. The third kappa shape index (κ3) is 3.78. The second-order valence-corrected chi connectivity index (χ2v) is 7.98. The Kier molecular flexibility index (Phi) is 5.09. The van der Waals surface area contributed by atoms with Crippen LogP contribution in [0.2, 0.25) is 0 Å².